The van der Waals surface area contributed by atoms with E-state index in [1.54, 1.807) is 37.5 Å². The molecule has 4 aromatic rings. The molecule has 1 aromatic heterocycles. The number of hydrogen-bond acceptors (Lipinski definition) is 5. The normalized spacial score (nSPS) is 11.3. The zero-order chi connectivity index (χ0) is 25.7. The van der Waals surface area contributed by atoms with Crippen molar-refractivity contribution in [3.63, 3.8) is 0 Å². The monoisotopic (exact) mass is 488 g/mol. The summed E-state index contributed by atoms with van der Waals surface area (Å²) in [5, 5.41) is 9.09. The molecule has 0 saturated heterocycles. The lowest BCUT2D eigenvalue weighted by molar-refractivity contribution is -0.117. The third-order valence-electron chi connectivity index (χ3n) is 5.91. The van der Waals surface area contributed by atoms with E-state index in [1.807, 2.05) is 24.3 Å². The predicted octanol–water partition coefficient (Wildman–Crippen LogP) is 3.18. The third-order valence-corrected chi connectivity index (χ3v) is 5.91. The minimum Gasteiger partial charge on any atom is -0.497 e. The van der Waals surface area contributed by atoms with Crippen LogP contribution in [0.2, 0.25) is 0 Å². The van der Waals surface area contributed by atoms with Gasteiger partial charge in [-0.25, -0.2) is 9.18 Å². The molecule has 184 valence electrons. The molecule has 0 atom stereocenters. The number of ether oxygens (including phenoxy) is 1. The number of aliphatic hydroxyl groups is 1. The van der Waals surface area contributed by atoms with Crippen molar-refractivity contribution in [1.29, 1.82) is 0 Å². The fourth-order valence-corrected chi connectivity index (χ4v) is 3.93. The fourth-order valence-electron chi connectivity index (χ4n) is 3.93. The number of fused-ring (bicyclic) bond motifs is 1. The zero-order valence-electron chi connectivity index (χ0n) is 19.7. The van der Waals surface area contributed by atoms with E-state index in [2.05, 4.69) is 0 Å². The van der Waals surface area contributed by atoms with Gasteiger partial charge in [0.2, 0.25) is 0 Å². The van der Waals surface area contributed by atoms with Crippen LogP contribution in [0.4, 0.5) is 4.39 Å². The number of carbonyl (C=O) groups excluding carboxylic acids is 1. The molecule has 0 amide bonds. The average molecular weight is 489 g/mol. The van der Waals surface area contributed by atoms with Crippen LogP contribution in [0.1, 0.15) is 16.7 Å². The summed E-state index contributed by atoms with van der Waals surface area (Å²) >= 11 is 0. The Balaban J connectivity index is 1.69. The first-order valence-corrected chi connectivity index (χ1v) is 11.4. The van der Waals surface area contributed by atoms with Crippen molar-refractivity contribution in [2.24, 2.45) is 0 Å². The molecule has 8 heteroatoms. The number of hydrogen-bond donors (Lipinski definition) is 1. The van der Waals surface area contributed by atoms with Gasteiger partial charge in [0.1, 0.15) is 18.2 Å². The van der Waals surface area contributed by atoms with Gasteiger partial charge < -0.3 is 9.84 Å². The zero-order valence-corrected chi connectivity index (χ0v) is 19.7. The van der Waals surface area contributed by atoms with Crippen LogP contribution < -0.4 is 16.0 Å². The first-order chi connectivity index (χ1) is 17.4. The minimum absolute atomic E-state index is 0.126. The summed E-state index contributed by atoms with van der Waals surface area (Å²) in [5.41, 5.74) is 1.68. The van der Waals surface area contributed by atoms with Crippen molar-refractivity contribution in [2.45, 2.75) is 19.5 Å². The summed E-state index contributed by atoms with van der Waals surface area (Å²) < 4.78 is 21.8. The summed E-state index contributed by atoms with van der Waals surface area (Å²) in [5.74, 6) is -0.233. The highest BCUT2D eigenvalue weighted by Crippen LogP contribution is 2.15. The van der Waals surface area contributed by atoms with Gasteiger partial charge >= 0.3 is 5.69 Å². The molecule has 1 N–H and O–H groups in total. The van der Waals surface area contributed by atoms with Crippen LogP contribution in [0.5, 0.6) is 5.75 Å². The number of methoxy groups -OCH3 is 1. The molecule has 0 saturated carbocycles. The Hall–Kier alpha value is -4.30. The molecule has 0 bridgehead atoms. The Morgan fingerprint density at radius 2 is 1.67 bits per heavy atom. The van der Waals surface area contributed by atoms with Crippen LogP contribution in [-0.4, -0.2) is 33.7 Å². The van der Waals surface area contributed by atoms with Gasteiger partial charge in [-0.15, -0.1) is 0 Å². The number of aryl methyl sites for hydroxylation is 1. The predicted molar refractivity (Wildman–Crippen MR) is 136 cm³/mol. The highest BCUT2D eigenvalue weighted by molar-refractivity contribution is 5.94. The fraction of sp³-hybridized carbons (Fsp3) is 0.179. The second-order valence-electron chi connectivity index (χ2n) is 8.28. The Morgan fingerprint density at radius 3 is 2.33 bits per heavy atom. The average Bonchev–Trinajstić information content (AvgIpc) is 2.90. The van der Waals surface area contributed by atoms with Gasteiger partial charge in [0.25, 0.3) is 5.56 Å². The number of rotatable bonds is 9. The topological polar surface area (TPSA) is 90.5 Å². The van der Waals surface area contributed by atoms with Gasteiger partial charge in [0.15, 0.2) is 5.78 Å². The summed E-state index contributed by atoms with van der Waals surface area (Å²) in [4.78, 5) is 37.8. The van der Waals surface area contributed by atoms with Gasteiger partial charge in [-0.3, -0.25) is 18.7 Å². The van der Waals surface area contributed by atoms with Gasteiger partial charge in [-0.2, -0.15) is 0 Å². The molecule has 3 aromatic carbocycles. The molecule has 0 radical (unpaired) electrons. The van der Waals surface area contributed by atoms with E-state index in [4.69, 9.17) is 9.84 Å². The maximum absolute atomic E-state index is 14.1. The van der Waals surface area contributed by atoms with Crippen LogP contribution >= 0.6 is 0 Å². The molecule has 0 spiro atoms. The van der Waals surface area contributed by atoms with E-state index in [0.717, 1.165) is 16.7 Å². The molecule has 0 fully saturated rings. The molecule has 36 heavy (non-hydrogen) atoms. The van der Waals surface area contributed by atoms with E-state index in [9.17, 15) is 18.8 Å². The smallest absolute Gasteiger partial charge is 0.331 e. The molecule has 1 heterocycles. The summed E-state index contributed by atoms with van der Waals surface area (Å²) in [7, 11) is 1.58. The van der Waals surface area contributed by atoms with E-state index in [0.29, 0.717) is 12.2 Å². The number of aliphatic hydroxyl groups excluding tert-OH is 1. The van der Waals surface area contributed by atoms with E-state index < -0.39 is 29.5 Å². The molecule has 0 aliphatic rings. The maximum atomic E-state index is 14.1. The number of nitrogens with zero attached hydrogens (tertiary/aromatic N) is 2. The number of halogens is 1. The van der Waals surface area contributed by atoms with Crippen molar-refractivity contribution in [3.8, 4) is 5.75 Å². The first kappa shape index (κ1) is 24.8. The molecule has 0 aliphatic heterocycles. The highest BCUT2D eigenvalue weighted by Gasteiger charge is 2.14. The van der Waals surface area contributed by atoms with Crippen LogP contribution in [0, 0.1) is 5.82 Å². The quantitative estimate of drug-likeness (QED) is 0.366. The van der Waals surface area contributed by atoms with Gasteiger partial charge in [-0.1, -0.05) is 42.5 Å². The van der Waals surface area contributed by atoms with Crippen LogP contribution in [-0.2, 0) is 24.3 Å². The highest BCUT2D eigenvalue weighted by atomic mass is 19.1. The minimum atomic E-state index is -0.560. The second-order valence-corrected chi connectivity index (χ2v) is 8.28. The summed E-state index contributed by atoms with van der Waals surface area (Å²) in [6, 6.07) is 18.3. The van der Waals surface area contributed by atoms with Gasteiger partial charge in [0.05, 0.1) is 24.6 Å². The summed E-state index contributed by atoms with van der Waals surface area (Å²) in [6.45, 7) is -0.267. The number of aromatic nitrogens is 2. The maximum Gasteiger partial charge on any atom is 0.331 e. The Bertz CT molecular complexity index is 1530. The van der Waals surface area contributed by atoms with E-state index >= 15 is 0 Å². The number of ketones is 1. The third kappa shape index (κ3) is 5.50. The van der Waals surface area contributed by atoms with Crippen molar-refractivity contribution < 1.29 is 19.0 Å². The molecule has 4 rings (SSSR count). The standard InChI is InChI=1S/C28H25FN2O5/c1-36-24-11-7-20(8-12-24)14-15-30-27(34)25-13-9-22(29)16-26(25)31(28(30)35)17-21-4-2-19(3-5-21)6-10-23(33)18-32/h2-13,16,32H,14-15,17-18H2,1H3/b10-6+. The lowest BCUT2D eigenvalue weighted by atomic mass is 10.1. The Kier molecular flexibility index (Phi) is 7.56. The van der Waals surface area contributed by atoms with E-state index in [1.165, 1.54) is 33.4 Å². The molecule has 7 nitrogen and oxygen atoms in total. The van der Waals surface area contributed by atoms with Gasteiger partial charge in [-0.05, 0) is 59.5 Å². The lowest BCUT2D eigenvalue weighted by Crippen LogP contribution is -2.40. The Labute approximate surface area is 206 Å². The van der Waals surface area contributed by atoms with Gasteiger partial charge in [0, 0.05) is 6.54 Å². The van der Waals surface area contributed by atoms with Crippen molar-refractivity contribution in [1.82, 2.24) is 9.13 Å². The molecular formula is C28H25FN2O5. The Morgan fingerprint density at radius 1 is 0.972 bits per heavy atom. The largest absolute Gasteiger partial charge is 0.497 e. The van der Waals surface area contributed by atoms with Crippen molar-refractivity contribution >= 4 is 22.8 Å². The van der Waals surface area contributed by atoms with Crippen molar-refractivity contribution in [3.05, 3.63) is 116 Å². The van der Waals surface area contributed by atoms with E-state index in [-0.39, 0.29) is 24.0 Å². The van der Waals surface area contributed by atoms with Crippen LogP contribution in [0.25, 0.3) is 17.0 Å². The molecule has 0 unspecified atom stereocenters. The van der Waals surface area contributed by atoms with Crippen LogP contribution in [0.3, 0.4) is 0 Å². The lowest BCUT2D eigenvalue weighted by Gasteiger charge is -2.15. The molecular weight excluding hydrogens is 463 g/mol. The van der Waals surface area contributed by atoms with Crippen molar-refractivity contribution in [2.75, 3.05) is 13.7 Å². The summed E-state index contributed by atoms with van der Waals surface area (Å²) in [6.07, 6.45) is 3.33. The number of carbonyl (C=O) groups is 1. The second kappa shape index (κ2) is 11.0. The first-order valence-electron chi connectivity index (χ1n) is 11.4. The number of benzene rings is 3. The van der Waals surface area contributed by atoms with Crippen LogP contribution in [0.15, 0.2) is 82.4 Å². The molecule has 0 aliphatic carbocycles. The SMILES string of the molecule is COc1ccc(CCn2c(=O)c3ccc(F)cc3n(Cc3ccc(/C=C/C(=O)CO)cc3)c2=O)cc1.